The van der Waals surface area contributed by atoms with E-state index in [1.807, 2.05) is 0 Å². The number of non-ortho nitro benzene ring substituents is 1. The van der Waals surface area contributed by atoms with Gasteiger partial charge in [0.25, 0.3) is 11.6 Å². The molecule has 1 rings (SSSR count). The van der Waals surface area contributed by atoms with E-state index in [4.69, 9.17) is 18.0 Å². The molecule has 18 heavy (non-hydrogen) atoms. The molecule has 1 amide bonds. The number of nitro benzene ring substituents is 1. The van der Waals surface area contributed by atoms with Crippen molar-refractivity contribution in [2.75, 3.05) is 13.1 Å². The van der Waals surface area contributed by atoms with Crippen molar-refractivity contribution in [3.63, 3.8) is 0 Å². The maximum absolute atomic E-state index is 12.0. The largest absolute Gasteiger partial charge is 0.328 e. The number of carbonyl (C=O) groups is 1. The highest BCUT2D eigenvalue weighted by atomic mass is 35.5. The molecule has 0 aliphatic heterocycles. The van der Waals surface area contributed by atoms with Crippen LogP contribution < -0.4 is 0 Å². The standard InChI is InChI=1S/C12H11ClN2O3/c1-3-7-14(4-2)12(16)10-6-5-9(15(17)18)8-11(10)13/h1,5-6,8H,4,7H2,2H3. The number of benzene rings is 1. The van der Waals surface area contributed by atoms with Crippen LogP contribution in [0.15, 0.2) is 18.2 Å². The van der Waals surface area contributed by atoms with Crippen molar-refractivity contribution < 1.29 is 9.72 Å². The second-order valence-corrected chi connectivity index (χ2v) is 3.85. The zero-order chi connectivity index (χ0) is 13.7. The van der Waals surface area contributed by atoms with Gasteiger partial charge in [-0.1, -0.05) is 17.5 Å². The first-order valence-corrected chi connectivity index (χ1v) is 5.55. The van der Waals surface area contributed by atoms with E-state index in [1.54, 1.807) is 6.92 Å². The highest BCUT2D eigenvalue weighted by molar-refractivity contribution is 6.34. The first kappa shape index (κ1) is 14.0. The summed E-state index contributed by atoms with van der Waals surface area (Å²) in [6.45, 7) is 2.40. The van der Waals surface area contributed by atoms with Crippen LogP contribution >= 0.6 is 11.6 Å². The first-order chi connectivity index (χ1) is 8.51. The summed E-state index contributed by atoms with van der Waals surface area (Å²) in [7, 11) is 0. The zero-order valence-electron chi connectivity index (χ0n) is 9.72. The predicted octanol–water partition coefficient (Wildman–Crippen LogP) is 2.34. The van der Waals surface area contributed by atoms with Gasteiger partial charge < -0.3 is 4.90 Å². The smallest absolute Gasteiger partial charge is 0.270 e. The van der Waals surface area contributed by atoms with Gasteiger partial charge in [-0.2, -0.15) is 0 Å². The summed E-state index contributed by atoms with van der Waals surface area (Å²) in [4.78, 5) is 23.4. The lowest BCUT2D eigenvalue weighted by Crippen LogP contribution is -2.31. The zero-order valence-corrected chi connectivity index (χ0v) is 10.5. The Labute approximate surface area is 109 Å². The van der Waals surface area contributed by atoms with Gasteiger partial charge in [0.05, 0.1) is 22.1 Å². The molecule has 0 radical (unpaired) electrons. The van der Waals surface area contributed by atoms with Crippen LogP contribution in [0.1, 0.15) is 17.3 Å². The van der Waals surface area contributed by atoms with Gasteiger partial charge in [0.15, 0.2) is 0 Å². The van der Waals surface area contributed by atoms with E-state index in [0.717, 1.165) is 6.07 Å². The van der Waals surface area contributed by atoms with E-state index in [9.17, 15) is 14.9 Å². The molecule has 0 saturated heterocycles. The van der Waals surface area contributed by atoms with Crippen molar-refractivity contribution >= 4 is 23.2 Å². The van der Waals surface area contributed by atoms with E-state index in [2.05, 4.69) is 5.92 Å². The van der Waals surface area contributed by atoms with Crippen LogP contribution in [0.3, 0.4) is 0 Å². The Kier molecular flexibility index (Phi) is 4.69. The summed E-state index contributed by atoms with van der Waals surface area (Å²) < 4.78 is 0. The molecule has 0 saturated carbocycles. The van der Waals surface area contributed by atoms with Gasteiger partial charge in [-0.25, -0.2) is 0 Å². The minimum absolute atomic E-state index is 0.0460. The van der Waals surface area contributed by atoms with Gasteiger partial charge in [-0.15, -0.1) is 6.42 Å². The molecule has 0 aromatic heterocycles. The number of halogens is 1. The Morgan fingerprint density at radius 3 is 2.72 bits per heavy atom. The molecule has 0 N–H and O–H groups in total. The fourth-order valence-corrected chi connectivity index (χ4v) is 1.65. The Balaban J connectivity index is 3.07. The van der Waals surface area contributed by atoms with Crippen molar-refractivity contribution in [2.24, 2.45) is 0 Å². The molecule has 6 heteroatoms. The molecule has 0 atom stereocenters. The van der Waals surface area contributed by atoms with Crippen molar-refractivity contribution in [3.8, 4) is 12.3 Å². The Bertz CT molecular complexity index is 523. The third-order valence-electron chi connectivity index (χ3n) is 2.34. The van der Waals surface area contributed by atoms with Crippen LogP contribution in [0.4, 0.5) is 5.69 Å². The number of rotatable bonds is 4. The third kappa shape index (κ3) is 2.99. The number of nitrogens with zero attached hydrogens (tertiary/aromatic N) is 2. The summed E-state index contributed by atoms with van der Waals surface area (Å²) in [5, 5.41) is 10.6. The molecular weight excluding hydrogens is 256 g/mol. The van der Waals surface area contributed by atoms with E-state index in [0.29, 0.717) is 6.54 Å². The van der Waals surface area contributed by atoms with Crippen molar-refractivity contribution in [3.05, 3.63) is 38.9 Å². The van der Waals surface area contributed by atoms with Gasteiger partial charge in [-0.3, -0.25) is 14.9 Å². The maximum Gasteiger partial charge on any atom is 0.270 e. The van der Waals surface area contributed by atoms with Gasteiger partial charge >= 0.3 is 0 Å². The van der Waals surface area contributed by atoms with Crippen LogP contribution in [-0.4, -0.2) is 28.8 Å². The monoisotopic (exact) mass is 266 g/mol. The highest BCUT2D eigenvalue weighted by Crippen LogP contribution is 2.23. The first-order valence-electron chi connectivity index (χ1n) is 5.18. The van der Waals surface area contributed by atoms with Crippen molar-refractivity contribution in [1.82, 2.24) is 4.90 Å². The molecule has 0 bridgehead atoms. The molecular formula is C12H11ClN2O3. The molecule has 5 nitrogen and oxygen atoms in total. The molecule has 1 aromatic rings. The average molecular weight is 267 g/mol. The lowest BCUT2D eigenvalue weighted by Gasteiger charge is -2.18. The SMILES string of the molecule is C#CCN(CC)C(=O)c1ccc([N+](=O)[O-])cc1Cl. The molecule has 0 heterocycles. The number of hydrogen-bond acceptors (Lipinski definition) is 3. The maximum atomic E-state index is 12.0. The van der Waals surface area contributed by atoms with Crippen LogP contribution in [0.2, 0.25) is 5.02 Å². The fraction of sp³-hybridized carbons (Fsp3) is 0.250. The summed E-state index contributed by atoms with van der Waals surface area (Å²) in [5.74, 6) is 2.03. The molecule has 0 aliphatic rings. The lowest BCUT2D eigenvalue weighted by atomic mass is 10.1. The van der Waals surface area contributed by atoms with Crippen LogP contribution in [-0.2, 0) is 0 Å². The van der Waals surface area contributed by atoms with Gasteiger partial charge in [0.1, 0.15) is 0 Å². The van der Waals surface area contributed by atoms with Gasteiger partial charge in [0, 0.05) is 18.7 Å². The molecule has 0 aliphatic carbocycles. The molecule has 1 aromatic carbocycles. The highest BCUT2D eigenvalue weighted by Gasteiger charge is 2.18. The molecule has 0 fully saturated rings. The fourth-order valence-electron chi connectivity index (χ4n) is 1.40. The van der Waals surface area contributed by atoms with Crippen LogP contribution in [0, 0.1) is 22.5 Å². The second kappa shape index (κ2) is 6.03. The van der Waals surface area contributed by atoms with E-state index >= 15 is 0 Å². The quantitative estimate of drug-likeness (QED) is 0.477. The Hall–Kier alpha value is -2.06. The van der Waals surface area contributed by atoms with Gasteiger partial charge in [0.2, 0.25) is 0 Å². The van der Waals surface area contributed by atoms with Crippen LogP contribution in [0.5, 0.6) is 0 Å². The summed E-state index contributed by atoms with van der Waals surface area (Å²) in [6, 6.07) is 3.73. The molecule has 0 spiro atoms. The Morgan fingerprint density at radius 2 is 2.28 bits per heavy atom. The van der Waals surface area contributed by atoms with E-state index in [-0.39, 0.29) is 28.7 Å². The topological polar surface area (TPSA) is 63.5 Å². The van der Waals surface area contributed by atoms with E-state index in [1.165, 1.54) is 17.0 Å². The van der Waals surface area contributed by atoms with E-state index < -0.39 is 4.92 Å². The Morgan fingerprint density at radius 1 is 1.61 bits per heavy atom. The minimum atomic E-state index is -0.570. The number of terminal acetylenes is 1. The van der Waals surface area contributed by atoms with Gasteiger partial charge in [-0.05, 0) is 13.0 Å². The molecule has 0 unspecified atom stereocenters. The minimum Gasteiger partial charge on any atom is -0.328 e. The third-order valence-corrected chi connectivity index (χ3v) is 2.66. The average Bonchev–Trinajstić information content (AvgIpc) is 2.34. The summed E-state index contributed by atoms with van der Waals surface area (Å²) in [6.07, 6.45) is 5.16. The normalized spacial score (nSPS) is 9.61. The number of hydrogen-bond donors (Lipinski definition) is 0. The summed E-state index contributed by atoms with van der Waals surface area (Å²) >= 11 is 5.87. The summed E-state index contributed by atoms with van der Waals surface area (Å²) in [5.41, 5.74) is 0.0518. The lowest BCUT2D eigenvalue weighted by molar-refractivity contribution is -0.384. The second-order valence-electron chi connectivity index (χ2n) is 3.44. The molecule has 94 valence electrons. The predicted molar refractivity (Wildman–Crippen MR) is 68.5 cm³/mol. The van der Waals surface area contributed by atoms with Crippen molar-refractivity contribution in [1.29, 1.82) is 0 Å². The van der Waals surface area contributed by atoms with Crippen molar-refractivity contribution in [2.45, 2.75) is 6.92 Å². The number of amides is 1. The van der Waals surface area contributed by atoms with Crippen LogP contribution in [0.25, 0.3) is 0 Å². The number of carbonyl (C=O) groups excluding carboxylic acids is 1. The number of nitro groups is 1.